The molecule has 3 nitrogen and oxygen atoms in total. The zero-order valence-corrected chi connectivity index (χ0v) is 13.7. The maximum atomic E-state index is 5.94. The molecule has 0 heterocycles. The Morgan fingerprint density at radius 2 is 1.67 bits per heavy atom. The number of hydrogen-bond donors (Lipinski definition) is 1. The quantitative estimate of drug-likeness (QED) is 0.693. The molecule has 24 heavy (non-hydrogen) atoms. The molecule has 0 aliphatic heterocycles. The van der Waals surface area contributed by atoms with Gasteiger partial charge in [0.05, 0.1) is 7.11 Å². The fourth-order valence-electron chi connectivity index (χ4n) is 2.55. The number of anilines is 1. The van der Waals surface area contributed by atoms with Crippen LogP contribution < -0.4 is 15.2 Å². The van der Waals surface area contributed by atoms with E-state index in [1.807, 2.05) is 66.7 Å². The van der Waals surface area contributed by atoms with Crippen LogP contribution >= 0.6 is 0 Å². The highest BCUT2D eigenvalue weighted by Crippen LogP contribution is 2.35. The summed E-state index contributed by atoms with van der Waals surface area (Å²) >= 11 is 0. The van der Waals surface area contributed by atoms with Crippen LogP contribution in [-0.2, 0) is 6.61 Å². The summed E-state index contributed by atoms with van der Waals surface area (Å²) in [4.78, 5) is 0. The zero-order valence-electron chi connectivity index (χ0n) is 13.7. The topological polar surface area (TPSA) is 44.5 Å². The lowest BCUT2D eigenvalue weighted by molar-refractivity contribution is 0.303. The number of rotatable bonds is 5. The van der Waals surface area contributed by atoms with Crippen LogP contribution in [-0.4, -0.2) is 7.11 Å². The van der Waals surface area contributed by atoms with Gasteiger partial charge in [0.2, 0.25) is 0 Å². The SMILES string of the molecule is [CH2]c1c(OC)cc(OCc2ccccc2)cc1-c1ccc(N)cc1. The van der Waals surface area contributed by atoms with Crippen molar-refractivity contribution >= 4 is 5.69 Å². The Kier molecular flexibility index (Phi) is 4.71. The van der Waals surface area contributed by atoms with E-state index in [2.05, 4.69) is 6.92 Å². The maximum absolute atomic E-state index is 5.94. The number of hydrogen-bond acceptors (Lipinski definition) is 3. The van der Waals surface area contributed by atoms with Crippen molar-refractivity contribution in [3.8, 4) is 22.6 Å². The fraction of sp³-hybridized carbons (Fsp3) is 0.0952. The van der Waals surface area contributed by atoms with Crippen molar-refractivity contribution in [1.29, 1.82) is 0 Å². The van der Waals surface area contributed by atoms with E-state index in [4.69, 9.17) is 15.2 Å². The summed E-state index contributed by atoms with van der Waals surface area (Å²) in [6, 6.07) is 21.6. The number of methoxy groups -OCH3 is 1. The third kappa shape index (κ3) is 3.51. The van der Waals surface area contributed by atoms with Crippen molar-refractivity contribution in [2.45, 2.75) is 6.61 Å². The van der Waals surface area contributed by atoms with Gasteiger partial charge in [-0.15, -0.1) is 0 Å². The molecule has 0 saturated heterocycles. The lowest BCUT2D eigenvalue weighted by Gasteiger charge is -2.15. The van der Waals surface area contributed by atoms with E-state index in [1.165, 1.54) is 0 Å². The lowest BCUT2D eigenvalue weighted by atomic mass is 9.99. The van der Waals surface area contributed by atoms with Crippen molar-refractivity contribution in [1.82, 2.24) is 0 Å². The van der Waals surface area contributed by atoms with Gasteiger partial charge in [-0.05, 0) is 41.8 Å². The Hall–Kier alpha value is -2.94. The molecule has 0 fully saturated rings. The van der Waals surface area contributed by atoms with Crippen LogP contribution in [0.5, 0.6) is 11.5 Å². The second kappa shape index (κ2) is 7.09. The minimum atomic E-state index is 0.502. The number of nitrogens with two attached hydrogens (primary N) is 1. The lowest BCUT2D eigenvalue weighted by Crippen LogP contribution is -1.98. The average molecular weight is 318 g/mol. The molecule has 0 aliphatic carbocycles. The second-order valence-electron chi connectivity index (χ2n) is 5.55. The summed E-state index contributed by atoms with van der Waals surface area (Å²) in [5, 5.41) is 0. The highest BCUT2D eigenvalue weighted by atomic mass is 16.5. The summed E-state index contributed by atoms with van der Waals surface area (Å²) in [5.41, 5.74) is 10.4. The Morgan fingerprint density at radius 1 is 0.958 bits per heavy atom. The van der Waals surface area contributed by atoms with Crippen LogP contribution in [0.1, 0.15) is 11.1 Å². The molecule has 0 amide bonds. The van der Waals surface area contributed by atoms with E-state index in [9.17, 15) is 0 Å². The average Bonchev–Trinajstić information content (AvgIpc) is 2.62. The summed E-state index contributed by atoms with van der Waals surface area (Å²) in [6.07, 6.45) is 0. The minimum absolute atomic E-state index is 0.502. The van der Waals surface area contributed by atoms with Crippen molar-refractivity contribution in [3.05, 3.63) is 84.8 Å². The number of benzene rings is 3. The summed E-state index contributed by atoms with van der Waals surface area (Å²) in [6.45, 7) is 4.64. The number of ether oxygens (including phenoxy) is 2. The van der Waals surface area contributed by atoms with E-state index in [0.717, 1.165) is 33.7 Å². The van der Waals surface area contributed by atoms with Gasteiger partial charge in [0.15, 0.2) is 0 Å². The molecule has 0 spiro atoms. The van der Waals surface area contributed by atoms with Crippen molar-refractivity contribution in [2.75, 3.05) is 12.8 Å². The van der Waals surface area contributed by atoms with Crippen LogP contribution in [0.2, 0.25) is 0 Å². The van der Waals surface area contributed by atoms with Crippen molar-refractivity contribution in [2.24, 2.45) is 0 Å². The highest BCUT2D eigenvalue weighted by molar-refractivity contribution is 5.74. The van der Waals surface area contributed by atoms with Gasteiger partial charge >= 0.3 is 0 Å². The molecule has 1 radical (unpaired) electrons. The Bertz CT molecular complexity index is 811. The Morgan fingerprint density at radius 3 is 2.33 bits per heavy atom. The summed E-state index contributed by atoms with van der Waals surface area (Å²) in [5.74, 6) is 1.45. The molecular formula is C21H20NO2. The standard InChI is InChI=1S/C21H20NO2/c1-15-20(17-8-10-18(22)11-9-17)12-19(13-21(15)23-2)24-14-16-6-4-3-5-7-16/h3-13H,1,14,22H2,2H3. The fourth-order valence-corrected chi connectivity index (χ4v) is 2.55. The van der Waals surface area contributed by atoms with Crippen LogP contribution in [0.25, 0.3) is 11.1 Å². The molecule has 3 heteroatoms. The van der Waals surface area contributed by atoms with Gasteiger partial charge in [0.1, 0.15) is 18.1 Å². The Labute approximate surface area is 142 Å². The van der Waals surface area contributed by atoms with Crippen molar-refractivity contribution in [3.63, 3.8) is 0 Å². The highest BCUT2D eigenvalue weighted by Gasteiger charge is 2.11. The van der Waals surface area contributed by atoms with E-state index >= 15 is 0 Å². The van der Waals surface area contributed by atoms with Crippen LogP contribution in [0.4, 0.5) is 5.69 Å². The molecule has 0 unspecified atom stereocenters. The smallest absolute Gasteiger partial charge is 0.126 e. The van der Waals surface area contributed by atoms with Crippen LogP contribution in [0.15, 0.2) is 66.7 Å². The minimum Gasteiger partial charge on any atom is -0.496 e. The van der Waals surface area contributed by atoms with Gasteiger partial charge in [0.25, 0.3) is 0 Å². The molecule has 3 rings (SSSR count). The third-order valence-corrected chi connectivity index (χ3v) is 3.87. The van der Waals surface area contributed by atoms with Gasteiger partial charge in [-0.1, -0.05) is 42.5 Å². The molecular weight excluding hydrogens is 298 g/mol. The van der Waals surface area contributed by atoms with Gasteiger partial charge < -0.3 is 15.2 Å². The van der Waals surface area contributed by atoms with E-state index < -0.39 is 0 Å². The predicted octanol–water partition coefficient (Wildman–Crippen LogP) is 4.71. The first-order valence-electron chi connectivity index (χ1n) is 7.74. The van der Waals surface area contributed by atoms with E-state index in [1.54, 1.807) is 7.11 Å². The summed E-state index contributed by atoms with van der Waals surface area (Å²) in [7, 11) is 1.64. The Balaban J connectivity index is 1.92. The zero-order chi connectivity index (χ0) is 16.9. The van der Waals surface area contributed by atoms with Crippen LogP contribution in [0.3, 0.4) is 0 Å². The molecule has 3 aromatic rings. The van der Waals surface area contributed by atoms with Gasteiger partial charge in [-0.25, -0.2) is 0 Å². The first-order chi connectivity index (χ1) is 11.7. The molecule has 2 N–H and O–H groups in total. The molecule has 0 aromatic heterocycles. The largest absolute Gasteiger partial charge is 0.496 e. The van der Waals surface area contributed by atoms with Gasteiger partial charge in [0, 0.05) is 17.3 Å². The second-order valence-corrected chi connectivity index (χ2v) is 5.55. The van der Waals surface area contributed by atoms with Crippen LogP contribution in [0, 0.1) is 6.92 Å². The maximum Gasteiger partial charge on any atom is 0.126 e. The van der Waals surface area contributed by atoms with Crippen molar-refractivity contribution < 1.29 is 9.47 Å². The van der Waals surface area contributed by atoms with Gasteiger partial charge in [-0.3, -0.25) is 0 Å². The normalized spacial score (nSPS) is 10.4. The molecule has 0 bridgehead atoms. The van der Waals surface area contributed by atoms with Gasteiger partial charge in [-0.2, -0.15) is 0 Å². The molecule has 0 saturated carbocycles. The molecule has 3 aromatic carbocycles. The van der Waals surface area contributed by atoms with E-state index in [-0.39, 0.29) is 0 Å². The number of nitrogen functional groups attached to an aromatic ring is 1. The molecule has 0 atom stereocenters. The first kappa shape index (κ1) is 15.9. The third-order valence-electron chi connectivity index (χ3n) is 3.87. The predicted molar refractivity (Wildman–Crippen MR) is 98.1 cm³/mol. The van der Waals surface area contributed by atoms with E-state index in [0.29, 0.717) is 12.4 Å². The monoisotopic (exact) mass is 318 g/mol. The summed E-state index contributed by atoms with van der Waals surface area (Å²) < 4.78 is 11.4. The first-order valence-corrected chi connectivity index (χ1v) is 7.74. The molecule has 0 aliphatic rings. The molecule has 121 valence electrons.